The molecule has 0 aliphatic carbocycles. The maximum Gasteiger partial charge on any atom is 0.290 e. The molecule has 2 fully saturated rings. The number of benzene rings is 1. The maximum atomic E-state index is 12.8. The SMILES string of the molecule is O=C(Nc1cccc(OCC2CCCO2)c1)C1CCCN1C(=O)c1ccco1. The zero-order valence-corrected chi connectivity index (χ0v) is 15.6. The lowest BCUT2D eigenvalue weighted by atomic mass is 10.2. The monoisotopic (exact) mass is 384 g/mol. The molecule has 7 nitrogen and oxygen atoms in total. The van der Waals surface area contributed by atoms with Gasteiger partial charge in [0.2, 0.25) is 5.91 Å². The van der Waals surface area contributed by atoms with Gasteiger partial charge in [-0.15, -0.1) is 0 Å². The molecule has 4 rings (SSSR count). The predicted molar refractivity (Wildman–Crippen MR) is 102 cm³/mol. The van der Waals surface area contributed by atoms with Crippen LogP contribution in [-0.4, -0.2) is 48.6 Å². The van der Waals surface area contributed by atoms with Crippen molar-refractivity contribution in [2.75, 3.05) is 25.1 Å². The molecule has 0 spiro atoms. The van der Waals surface area contributed by atoms with Gasteiger partial charge in [-0.2, -0.15) is 0 Å². The first-order chi connectivity index (χ1) is 13.7. The fourth-order valence-electron chi connectivity index (χ4n) is 3.68. The second-order valence-corrected chi connectivity index (χ2v) is 7.10. The quantitative estimate of drug-likeness (QED) is 0.828. The van der Waals surface area contributed by atoms with Crippen molar-refractivity contribution >= 4 is 17.5 Å². The van der Waals surface area contributed by atoms with Crippen molar-refractivity contribution in [1.29, 1.82) is 0 Å². The van der Waals surface area contributed by atoms with E-state index in [1.54, 1.807) is 23.1 Å². The van der Waals surface area contributed by atoms with Crippen LogP contribution in [0.1, 0.15) is 36.2 Å². The number of anilines is 1. The van der Waals surface area contributed by atoms with Crippen molar-refractivity contribution in [3.8, 4) is 5.75 Å². The van der Waals surface area contributed by atoms with Gasteiger partial charge in [0.05, 0.1) is 12.4 Å². The first kappa shape index (κ1) is 18.6. The number of carbonyl (C=O) groups excluding carboxylic acids is 2. The average Bonchev–Trinajstić information content (AvgIpc) is 3.48. The molecular formula is C21H24N2O5. The van der Waals surface area contributed by atoms with Gasteiger partial charge in [-0.25, -0.2) is 0 Å². The van der Waals surface area contributed by atoms with Gasteiger partial charge >= 0.3 is 0 Å². The summed E-state index contributed by atoms with van der Waals surface area (Å²) < 4.78 is 16.5. The Morgan fingerprint density at radius 3 is 2.89 bits per heavy atom. The first-order valence-electron chi connectivity index (χ1n) is 9.70. The Bertz CT molecular complexity index is 814. The van der Waals surface area contributed by atoms with Gasteiger partial charge in [-0.05, 0) is 49.9 Å². The minimum atomic E-state index is -0.505. The Hall–Kier alpha value is -2.80. The summed E-state index contributed by atoms with van der Waals surface area (Å²) in [7, 11) is 0. The molecule has 0 bridgehead atoms. The Morgan fingerprint density at radius 1 is 1.18 bits per heavy atom. The molecular weight excluding hydrogens is 360 g/mol. The van der Waals surface area contributed by atoms with E-state index in [4.69, 9.17) is 13.9 Å². The van der Waals surface area contributed by atoms with Crippen LogP contribution in [0.25, 0.3) is 0 Å². The van der Waals surface area contributed by atoms with Crippen molar-refractivity contribution in [1.82, 2.24) is 4.90 Å². The van der Waals surface area contributed by atoms with Gasteiger partial charge in [0.1, 0.15) is 18.4 Å². The third-order valence-corrected chi connectivity index (χ3v) is 5.11. The summed E-state index contributed by atoms with van der Waals surface area (Å²) in [6, 6.07) is 10.1. The van der Waals surface area contributed by atoms with Crippen LogP contribution in [0.4, 0.5) is 5.69 Å². The average molecular weight is 384 g/mol. The van der Waals surface area contributed by atoms with Crippen LogP contribution in [0.15, 0.2) is 47.1 Å². The number of amides is 2. The maximum absolute atomic E-state index is 12.8. The molecule has 0 radical (unpaired) electrons. The highest BCUT2D eigenvalue weighted by Crippen LogP contribution is 2.24. The Labute approximate surface area is 163 Å². The van der Waals surface area contributed by atoms with Crippen LogP contribution >= 0.6 is 0 Å². The Kier molecular flexibility index (Phi) is 5.62. The number of nitrogens with zero attached hydrogens (tertiary/aromatic N) is 1. The second-order valence-electron chi connectivity index (χ2n) is 7.10. The molecule has 7 heteroatoms. The molecule has 1 N–H and O–H groups in total. The molecule has 3 heterocycles. The van der Waals surface area contributed by atoms with E-state index in [0.29, 0.717) is 31.0 Å². The summed E-state index contributed by atoms with van der Waals surface area (Å²) >= 11 is 0. The molecule has 2 saturated heterocycles. The second kappa shape index (κ2) is 8.48. The van der Waals surface area contributed by atoms with Crippen molar-refractivity contribution in [3.63, 3.8) is 0 Å². The highest BCUT2D eigenvalue weighted by Gasteiger charge is 2.35. The van der Waals surface area contributed by atoms with Gasteiger partial charge < -0.3 is 24.1 Å². The Morgan fingerprint density at radius 2 is 2.11 bits per heavy atom. The number of carbonyl (C=O) groups is 2. The summed E-state index contributed by atoms with van der Waals surface area (Å²) in [5.41, 5.74) is 0.645. The van der Waals surface area contributed by atoms with Crippen molar-refractivity contribution < 1.29 is 23.5 Å². The fraction of sp³-hybridized carbons (Fsp3) is 0.429. The molecule has 1 aromatic heterocycles. The van der Waals surface area contributed by atoms with Gasteiger partial charge in [0.15, 0.2) is 5.76 Å². The van der Waals surface area contributed by atoms with E-state index in [9.17, 15) is 9.59 Å². The third-order valence-electron chi connectivity index (χ3n) is 5.11. The minimum absolute atomic E-state index is 0.137. The molecule has 2 unspecified atom stereocenters. The first-order valence-corrected chi connectivity index (χ1v) is 9.70. The summed E-state index contributed by atoms with van der Waals surface area (Å²) in [6.07, 6.45) is 5.09. The highest BCUT2D eigenvalue weighted by atomic mass is 16.5. The van der Waals surface area contributed by atoms with Crippen molar-refractivity contribution in [2.45, 2.75) is 37.8 Å². The number of ether oxygens (including phenoxy) is 2. The summed E-state index contributed by atoms with van der Waals surface area (Å²) in [5, 5.41) is 2.91. The molecule has 2 aliphatic heterocycles. The topological polar surface area (TPSA) is 81.0 Å². The van der Waals surface area contributed by atoms with E-state index in [1.165, 1.54) is 6.26 Å². The largest absolute Gasteiger partial charge is 0.491 e. The third kappa shape index (κ3) is 4.20. The van der Waals surface area contributed by atoms with Crippen LogP contribution in [0, 0.1) is 0 Å². The standard InChI is InChI=1S/C21H24N2O5/c24-20(18-8-2-10-23(18)21(25)19-9-4-12-27-19)22-15-5-1-6-16(13-15)28-14-17-7-3-11-26-17/h1,4-6,9,12-13,17-18H,2-3,7-8,10-11,14H2,(H,22,24). The predicted octanol–water partition coefficient (Wildman–Crippen LogP) is 3.08. The summed E-state index contributed by atoms with van der Waals surface area (Å²) in [6.45, 7) is 1.84. The fourth-order valence-corrected chi connectivity index (χ4v) is 3.68. The number of hydrogen-bond donors (Lipinski definition) is 1. The Balaban J connectivity index is 1.37. The van der Waals surface area contributed by atoms with E-state index < -0.39 is 6.04 Å². The molecule has 148 valence electrons. The van der Waals surface area contributed by atoms with E-state index >= 15 is 0 Å². The molecule has 2 aromatic rings. The molecule has 2 amide bonds. The number of rotatable bonds is 6. The molecule has 2 aliphatic rings. The summed E-state index contributed by atoms with van der Waals surface area (Å²) in [4.78, 5) is 26.9. The van der Waals surface area contributed by atoms with E-state index in [2.05, 4.69) is 5.32 Å². The lowest BCUT2D eigenvalue weighted by Gasteiger charge is -2.23. The van der Waals surface area contributed by atoms with Gasteiger partial charge in [0, 0.05) is 24.9 Å². The molecule has 0 saturated carbocycles. The van der Waals surface area contributed by atoms with Crippen LogP contribution in [0.3, 0.4) is 0 Å². The van der Waals surface area contributed by atoms with Gasteiger partial charge in [0.25, 0.3) is 5.91 Å². The number of furan rings is 1. The van der Waals surface area contributed by atoms with E-state index in [0.717, 1.165) is 25.9 Å². The van der Waals surface area contributed by atoms with E-state index in [-0.39, 0.29) is 23.7 Å². The molecule has 28 heavy (non-hydrogen) atoms. The van der Waals surface area contributed by atoms with Crippen molar-refractivity contribution in [2.24, 2.45) is 0 Å². The van der Waals surface area contributed by atoms with Crippen LogP contribution in [0.5, 0.6) is 5.75 Å². The van der Waals surface area contributed by atoms with E-state index in [1.807, 2.05) is 18.2 Å². The molecule has 1 aromatic carbocycles. The lowest BCUT2D eigenvalue weighted by molar-refractivity contribution is -0.119. The smallest absolute Gasteiger partial charge is 0.290 e. The lowest BCUT2D eigenvalue weighted by Crippen LogP contribution is -2.43. The highest BCUT2D eigenvalue weighted by molar-refractivity contribution is 6.00. The summed E-state index contributed by atoms with van der Waals surface area (Å²) in [5.74, 6) is 0.484. The zero-order chi connectivity index (χ0) is 19.3. The van der Waals surface area contributed by atoms with Crippen LogP contribution < -0.4 is 10.1 Å². The van der Waals surface area contributed by atoms with Crippen LogP contribution in [0.2, 0.25) is 0 Å². The van der Waals surface area contributed by atoms with Gasteiger partial charge in [-0.3, -0.25) is 9.59 Å². The minimum Gasteiger partial charge on any atom is -0.491 e. The number of hydrogen-bond acceptors (Lipinski definition) is 5. The van der Waals surface area contributed by atoms with Crippen molar-refractivity contribution in [3.05, 3.63) is 48.4 Å². The number of likely N-dealkylation sites (tertiary alicyclic amines) is 1. The molecule has 2 atom stereocenters. The zero-order valence-electron chi connectivity index (χ0n) is 15.6. The number of nitrogens with one attached hydrogen (secondary N) is 1. The van der Waals surface area contributed by atoms with Crippen LogP contribution in [-0.2, 0) is 9.53 Å². The normalized spacial score (nSPS) is 21.6. The van der Waals surface area contributed by atoms with Gasteiger partial charge in [-0.1, -0.05) is 6.07 Å².